The van der Waals surface area contributed by atoms with Crippen molar-refractivity contribution in [3.63, 3.8) is 0 Å². The molecule has 0 radical (unpaired) electrons. The summed E-state index contributed by atoms with van der Waals surface area (Å²) in [6, 6.07) is 9.67. The van der Waals surface area contributed by atoms with Crippen LogP contribution in [0.1, 0.15) is 18.9 Å². The van der Waals surface area contributed by atoms with Crippen molar-refractivity contribution >= 4 is 11.7 Å². The highest BCUT2D eigenvalue weighted by Gasteiger charge is 2.23. The van der Waals surface area contributed by atoms with Gasteiger partial charge in [0.2, 0.25) is 0 Å². The van der Waals surface area contributed by atoms with Crippen LogP contribution in [-0.2, 0) is 14.4 Å². The molecule has 0 bridgehead atoms. The van der Waals surface area contributed by atoms with Crippen molar-refractivity contribution in [1.82, 2.24) is 0 Å². The summed E-state index contributed by atoms with van der Waals surface area (Å²) in [6.07, 6.45) is -0.0680. The summed E-state index contributed by atoms with van der Waals surface area (Å²) in [4.78, 5) is 15.7. The Kier molecular flexibility index (Phi) is 2.67. The van der Waals surface area contributed by atoms with E-state index in [0.717, 1.165) is 11.3 Å². The summed E-state index contributed by atoms with van der Waals surface area (Å²) >= 11 is 0. The van der Waals surface area contributed by atoms with E-state index >= 15 is 0 Å². The molecule has 0 saturated carbocycles. The lowest BCUT2D eigenvalue weighted by Crippen LogP contribution is -2.16. The van der Waals surface area contributed by atoms with Crippen molar-refractivity contribution < 1.29 is 14.4 Å². The van der Waals surface area contributed by atoms with Gasteiger partial charge >= 0.3 is 5.97 Å². The quantitative estimate of drug-likeness (QED) is 0.690. The first-order valence-electron chi connectivity index (χ1n) is 4.71. The topological polar surface area (TPSA) is 47.9 Å². The predicted octanol–water partition coefficient (Wildman–Crippen LogP) is 1.70. The lowest BCUT2D eigenvalue weighted by Gasteiger charge is -2.06. The summed E-state index contributed by atoms with van der Waals surface area (Å²) in [5.41, 5.74) is 1.80. The number of nitrogens with zero attached hydrogens (tertiary/aromatic N) is 1. The maximum absolute atomic E-state index is 10.7. The number of hydrogen-bond acceptors (Lipinski definition) is 4. The number of benzene rings is 1. The van der Waals surface area contributed by atoms with E-state index in [2.05, 4.69) is 5.16 Å². The van der Waals surface area contributed by atoms with Crippen LogP contribution in [-0.4, -0.2) is 18.0 Å². The minimum absolute atomic E-state index is 0.357. The molecule has 1 aliphatic heterocycles. The van der Waals surface area contributed by atoms with Crippen LogP contribution in [0.4, 0.5) is 0 Å². The molecule has 0 spiro atoms. The third-order valence-corrected chi connectivity index (χ3v) is 2.04. The van der Waals surface area contributed by atoms with Crippen molar-refractivity contribution in [2.45, 2.75) is 19.6 Å². The Balaban J connectivity index is 2.01. The van der Waals surface area contributed by atoms with E-state index in [0.29, 0.717) is 6.42 Å². The summed E-state index contributed by atoms with van der Waals surface area (Å²) in [5.74, 6) is -0.357. The number of rotatable bonds is 2. The molecular weight excluding hydrogens is 194 g/mol. The second-order valence-corrected chi connectivity index (χ2v) is 3.25. The molecule has 0 aromatic heterocycles. The number of oxime groups is 1. The first kappa shape index (κ1) is 9.71. The number of carbonyl (C=O) groups excluding carboxylic acids is 1. The van der Waals surface area contributed by atoms with Crippen LogP contribution < -0.4 is 0 Å². The third kappa shape index (κ3) is 2.34. The molecule has 4 heteroatoms. The van der Waals surface area contributed by atoms with E-state index in [4.69, 9.17) is 9.57 Å². The Bertz CT molecular complexity index is 386. The van der Waals surface area contributed by atoms with Crippen molar-refractivity contribution in [3.05, 3.63) is 35.9 Å². The van der Waals surface area contributed by atoms with Crippen molar-refractivity contribution in [2.75, 3.05) is 0 Å². The minimum Gasteiger partial charge on any atom is -0.423 e. The molecule has 0 aliphatic carbocycles. The van der Waals surface area contributed by atoms with Crippen LogP contribution in [0.2, 0.25) is 0 Å². The largest absolute Gasteiger partial charge is 0.423 e. The maximum atomic E-state index is 10.7. The molecule has 1 aliphatic rings. The molecule has 1 aromatic rings. The first-order chi connectivity index (χ1) is 7.25. The van der Waals surface area contributed by atoms with Gasteiger partial charge in [0.15, 0.2) is 0 Å². The summed E-state index contributed by atoms with van der Waals surface area (Å²) in [6.45, 7) is 1.35. The molecule has 0 amide bonds. The molecule has 1 unspecified atom stereocenters. The fraction of sp³-hybridized carbons (Fsp3) is 0.273. The Morgan fingerprint density at radius 2 is 2.20 bits per heavy atom. The molecule has 4 nitrogen and oxygen atoms in total. The Morgan fingerprint density at radius 1 is 1.47 bits per heavy atom. The van der Waals surface area contributed by atoms with Crippen LogP contribution in [0.25, 0.3) is 0 Å². The second kappa shape index (κ2) is 4.13. The molecule has 15 heavy (non-hydrogen) atoms. The van der Waals surface area contributed by atoms with Gasteiger partial charge in [0.05, 0.1) is 12.1 Å². The van der Waals surface area contributed by atoms with Gasteiger partial charge in [-0.05, 0) is 5.56 Å². The average Bonchev–Trinajstić information content (AvgIpc) is 2.67. The summed E-state index contributed by atoms with van der Waals surface area (Å²) < 4.78 is 4.89. The van der Waals surface area contributed by atoms with Gasteiger partial charge in [0.25, 0.3) is 6.29 Å². The molecule has 0 N–H and O–H groups in total. The highest BCUT2D eigenvalue weighted by molar-refractivity contribution is 6.01. The summed E-state index contributed by atoms with van der Waals surface area (Å²) in [7, 11) is 0. The zero-order valence-corrected chi connectivity index (χ0v) is 8.34. The first-order valence-corrected chi connectivity index (χ1v) is 4.71. The average molecular weight is 205 g/mol. The standard InChI is InChI=1S/C11H11NO3/c1-8(13)14-11-7-10(12-15-11)9-5-3-2-4-6-9/h2-6,11H,7H2,1H3. The maximum Gasteiger partial charge on any atom is 0.305 e. The Hall–Kier alpha value is -1.84. The highest BCUT2D eigenvalue weighted by Crippen LogP contribution is 2.17. The number of hydrogen-bond donors (Lipinski definition) is 0. The number of carbonyl (C=O) groups is 1. The van der Waals surface area contributed by atoms with E-state index in [1.165, 1.54) is 6.92 Å². The summed E-state index contributed by atoms with van der Waals surface area (Å²) in [5, 5.41) is 3.88. The van der Waals surface area contributed by atoms with Crippen molar-refractivity contribution in [1.29, 1.82) is 0 Å². The van der Waals surface area contributed by atoms with Crippen molar-refractivity contribution in [2.24, 2.45) is 5.16 Å². The van der Waals surface area contributed by atoms with Gasteiger partial charge in [0.1, 0.15) is 0 Å². The van der Waals surface area contributed by atoms with Crippen molar-refractivity contribution in [3.8, 4) is 0 Å². The highest BCUT2D eigenvalue weighted by atomic mass is 16.8. The Morgan fingerprint density at radius 3 is 2.87 bits per heavy atom. The van der Waals surface area contributed by atoms with Gasteiger partial charge in [-0.3, -0.25) is 4.79 Å². The smallest absolute Gasteiger partial charge is 0.305 e. The molecule has 1 atom stereocenters. The number of ether oxygens (including phenoxy) is 1. The SMILES string of the molecule is CC(=O)OC1CC(c2ccccc2)=NO1. The molecule has 2 rings (SSSR count). The molecule has 0 fully saturated rings. The van der Waals surface area contributed by atoms with Gasteiger partial charge in [-0.15, -0.1) is 0 Å². The van der Waals surface area contributed by atoms with Gasteiger partial charge in [-0.1, -0.05) is 35.5 Å². The molecule has 0 saturated heterocycles. The van der Waals surface area contributed by atoms with Crippen LogP contribution in [0, 0.1) is 0 Å². The third-order valence-electron chi connectivity index (χ3n) is 2.04. The zero-order valence-electron chi connectivity index (χ0n) is 8.34. The lowest BCUT2D eigenvalue weighted by molar-refractivity contribution is -0.170. The van der Waals surface area contributed by atoms with E-state index in [-0.39, 0.29) is 5.97 Å². The van der Waals surface area contributed by atoms with Gasteiger partial charge in [-0.2, -0.15) is 0 Å². The number of esters is 1. The van der Waals surface area contributed by atoms with E-state index in [9.17, 15) is 4.79 Å². The fourth-order valence-corrected chi connectivity index (χ4v) is 1.40. The zero-order chi connectivity index (χ0) is 10.7. The fourth-order valence-electron chi connectivity index (χ4n) is 1.40. The lowest BCUT2D eigenvalue weighted by atomic mass is 10.1. The van der Waals surface area contributed by atoms with Gasteiger partial charge < -0.3 is 9.57 Å². The molecular formula is C11H11NO3. The predicted molar refractivity (Wildman–Crippen MR) is 54.2 cm³/mol. The van der Waals surface area contributed by atoms with Crippen LogP contribution in [0.15, 0.2) is 35.5 Å². The Labute approximate surface area is 87.5 Å². The normalized spacial score (nSPS) is 19.3. The van der Waals surface area contributed by atoms with Crippen LogP contribution >= 0.6 is 0 Å². The van der Waals surface area contributed by atoms with E-state index < -0.39 is 6.29 Å². The minimum atomic E-state index is -0.572. The molecule has 78 valence electrons. The van der Waals surface area contributed by atoms with E-state index in [1.807, 2.05) is 30.3 Å². The van der Waals surface area contributed by atoms with Gasteiger partial charge in [0, 0.05) is 6.92 Å². The van der Waals surface area contributed by atoms with Gasteiger partial charge in [-0.25, -0.2) is 0 Å². The second-order valence-electron chi connectivity index (χ2n) is 3.25. The van der Waals surface area contributed by atoms with Crippen LogP contribution in [0.5, 0.6) is 0 Å². The van der Waals surface area contributed by atoms with Crippen LogP contribution in [0.3, 0.4) is 0 Å². The molecule has 1 heterocycles. The molecule has 1 aromatic carbocycles. The van der Waals surface area contributed by atoms with E-state index in [1.54, 1.807) is 0 Å². The monoisotopic (exact) mass is 205 g/mol.